The fourth-order valence-electron chi connectivity index (χ4n) is 1.63. The lowest BCUT2D eigenvalue weighted by Crippen LogP contribution is -2.05. The van der Waals surface area contributed by atoms with Gasteiger partial charge in [0, 0.05) is 18.3 Å². The lowest BCUT2D eigenvalue weighted by Gasteiger charge is -2.04. The molecule has 2 aromatic rings. The van der Waals surface area contributed by atoms with Crippen molar-refractivity contribution in [3.05, 3.63) is 53.6 Å². The zero-order valence-corrected chi connectivity index (χ0v) is 9.45. The molecule has 0 spiro atoms. The molecule has 0 aliphatic heterocycles. The van der Waals surface area contributed by atoms with Crippen molar-refractivity contribution in [2.75, 3.05) is 7.05 Å². The lowest BCUT2D eigenvalue weighted by atomic mass is 10.2. The first-order valence-corrected chi connectivity index (χ1v) is 5.29. The Morgan fingerprint density at radius 1 is 1.35 bits per heavy atom. The van der Waals surface area contributed by atoms with Crippen LogP contribution in [0.3, 0.4) is 0 Å². The number of hydrogen-bond donors (Lipinski definition) is 1. The molecule has 17 heavy (non-hydrogen) atoms. The van der Waals surface area contributed by atoms with Crippen LogP contribution in [0.25, 0.3) is 0 Å². The van der Waals surface area contributed by atoms with Gasteiger partial charge in [-0.3, -0.25) is 0 Å². The summed E-state index contributed by atoms with van der Waals surface area (Å²) in [7, 11) is 1.82. The first kappa shape index (κ1) is 11.7. The van der Waals surface area contributed by atoms with E-state index < -0.39 is 11.6 Å². The van der Waals surface area contributed by atoms with Gasteiger partial charge in [0.1, 0.15) is 0 Å². The van der Waals surface area contributed by atoms with Gasteiger partial charge in [0.25, 0.3) is 0 Å². The summed E-state index contributed by atoms with van der Waals surface area (Å²) in [6.07, 6.45) is 3.41. The molecule has 0 amide bonds. The van der Waals surface area contributed by atoms with Gasteiger partial charge in [0.15, 0.2) is 11.6 Å². The van der Waals surface area contributed by atoms with Crippen LogP contribution in [0.4, 0.5) is 8.78 Å². The van der Waals surface area contributed by atoms with Crippen LogP contribution < -0.4 is 5.32 Å². The van der Waals surface area contributed by atoms with E-state index >= 15 is 0 Å². The number of rotatable bonds is 4. The van der Waals surface area contributed by atoms with Crippen molar-refractivity contribution in [1.82, 2.24) is 14.9 Å². The quantitative estimate of drug-likeness (QED) is 0.880. The number of aromatic nitrogens is 2. The summed E-state index contributed by atoms with van der Waals surface area (Å²) in [4.78, 5) is 4.14. The Hall–Kier alpha value is -1.75. The molecule has 5 heteroatoms. The highest BCUT2D eigenvalue weighted by molar-refractivity contribution is 5.19. The average molecular weight is 237 g/mol. The Labute approximate surface area is 98.1 Å². The van der Waals surface area contributed by atoms with E-state index in [2.05, 4.69) is 10.3 Å². The average Bonchev–Trinajstić information content (AvgIpc) is 2.73. The maximum Gasteiger partial charge on any atom is 0.163 e. The second-order valence-electron chi connectivity index (χ2n) is 3.78. The highest BCUT2D eigenvalue weighted by Gasteiger charge is 2.08. The standard InChI is InChI=1S/C12H13F2N3/c1-15-5-10-7-17(8-16-10)6-9-3-2-4-11(13)12(9)14/h2-4,7-8,15H,5-6H2,1H3. The van der Waals surface area contributed by atoms with Gasteiger partial charge in [0.2, 0.25) is 0 Å². The van der Waals surface area contributed by atoms with E-state index in [4.69, 9.17) is 0 Å². The maximum absolute atomic E-state index is 13.4. The van der Waals surface area contributed by atoms with Crippen molar-refractivity contribution in [2.24, 2.45) is 0 Å². The van der Waals surface area contributed by atoms with Crippen molar-refractivity contribution in [3.8, 4) is 0 Å². The fourth-order valence-corrected chi connectivity index (χ4v) is 1.63. The Balaban J connectivity index is 2.16. The summed E-state index contributed by atoms with van der Waals surface area (Å²) in [5, 5.41) is 2.97. The van der Waals surface area contributed by atoms with Gasteiger partial charge in [-0.2, -0.15) is 0 Å². The number of hydrogen-bond acceptors (Lipinski definition) is 2. The Kier molecular flexibility index (Phi) is 3.49. The molecule has 0 unspecified atom stereocenters. The van der Waals surface area contributed by atoms with Gasteiger partial charge < -0.3 is 9.88 Å². The molecule has 0 bridgehead atoms. The largest absolute Gasteiger partial charge is 0.333 e. The van der Waals surface area contributed by atoms with Gasteiger partial charge in [-0.25, -0.2) is 13.8 Å². The molecule has 0 aliphatic rings. The van der Waals surface area contributed by atoms with E-state index in [9.17, 15) is 8.78 Å². The van der Waals surface area contributed by atoms with Gasteiger partial charge in [-0.1, -0.05) is 12.1 Å². The van der Waals surface area contributed by atoms with Crippen LogP contribution in [0.5, 0.6) is 0 Å². The topological polar surface area (TPSA) is 29.9 Å². The van der Waals surface area contributed by atoms with Gasteiger partial charge in [-0.05, 0) is 13.1 Å². The predicted octanol–water partition coefficient (Wildman–Crippen LogP) is 1.93. The maximum atomic E-state index is 13.4. The smallest absolute Gasteiger partial charge is 0.163 e. The minimum Gasteiger partial charge on any atom is -0.333 e. The molecular formula is C12H13F2N3. The van der Waals surface area contributed by atoms with Crippen molar-refractivity contribution < 1.29 is 8.78 Å². The van der Waals surface area contributed by atoms with E-state index in [1.165, 1.54) is 6.07 Å². The zero-order valence-electron chi connectivity index (χ0n) is 9.45. The Morgan fingerprint density at radius 3 is 2.94 bits per heavy atom. The minimum atomic E-state index is -0.821. The molecule has 1 N–H and O–H groups in total. The molecule has 0 aliphatic carbocycles. The molecule has 0 radical (unpaired) electrons. The van der Waals surface area contributed by atoms with E-state index in [0.717, 1.165) is 11.8 Å². The first-order valence-electron chi connectivity index (χ1n) is 5.29. The third-order valence-electron chi connectivity index (χ3n) is 2.43. The summed E-state index contributed by atoms with van der Waals surface area (Å²) >= 11 is 0. The monoisotopic (exact) mass is 237 g/mol. The normalized spacial score (nSPS) is 10.8. The third kappa shape index (κ3) is 2.68. The van der Waals surface area contributed by atoms with Crippen molar-refractivity contribution in [1.29, 1.82) is 0 Å². The van der Waals surface area contributed by atoms with Crippen LogP contribution in [-0.2, 0) is 13.1 Å². The van der Waals surface area contributed by atoms with E-state index in [1.807, 2.05) is 7.05 Å². The van der Waals surface area contributed by atoms with E-state index in [0.29, 0.717) is 12.1 Å². The molecule has 1 heterocycles. The van der Waals surface area contributed by atoms with Crippen molar-refractivity contribution >= 4 is 0 Å². The fraction of sp³-hybridized carbons (Fsp3) is 0.250. The molecule has 2 rings (SSSR count). The highest BCUT2D eigenvalue weighted by Crippen LogP contribution is 2.13. The van der Waals surface area contributed by atoms with E-state index in [1.54, 1.807) is 23.2 Å². The number of nitrogens with one attached hydrogen (secondary N) is 1. The molecule has 0 fully saturated rings. The van der Waals surface area contributed by atoms with Crippen LogP contribution in [0.15, 0.2) is 30.7 Å². The minimum absolute atomic E-state index is 0.278. The molecule has 90 valence electrons. The molecular weight excluding hydrogens is 224 g/mol. The van der Waals surface area contributed by atoms with Crippen molar-refractivity contribution in [2.45, 2.75) is 13.1 Å². The van der Waals surface area contributed by atoms with Crippen LogP contribution in [0, 0.1) is 11.6 Å². The molecule has 3 nitrogen and oxygen atoms in total. The molecule has 1 aromatic heterocycles. The second-order valence-corrected chi connectivity index (χ2v) is 3.78. The molecule has 0 saturated carbocycles. The summed E-state index contributed by atoms with van der Waals surface area (Å²) in [6, 6.07) is 4.18. The van der Waals surface area contributed by atoms with Gasteiger partial charge >= 0.3 is 0 Å². The van der Waals surface area contributed by atoms with E-state index in [-0.39, 0.29) is 6.54 Å². The van der Waals surface area contributed by atoms with Crippen LogP contribution in [0.2, 0.25) is 0 Å². The summed E-state index contributed by atoms with van der Waals surface area (Å²) in [5.41, 5.74) is 1.18. The summed E-state index contributed by atoms with van der Waals surface area (Å²) in [5.74, 6) is -1.62. The van der Waals surface area contributed by atoms with Crippen LogP contribution >= 0.6 is 0 Å². The molecule has 0 saturated heterocycles. The Bertz CT molecular complexity index is 508. The van der Waals surface area contributed by atoms with Crippen LogP contribution in [-0.4, -0.2) is 16.6 Å². The summed E-state index contributed by atoms with van der Waals surface area (Å²) < 4.78 is 28.1. The summed E-state index contributed by atoms with van der Waals surface area (Å²) in [6.45, 7) is 0.930. The zero-order chi connectivity index (χ0) is 12.3. The second kappa shape index (κ2) is 5.05. The lowest BCUT2D eigenvalue weighted by molar-refractivity contribution is 0.495. The number of halogens is 2. The Morgan fingerprint density at radius 2 is 2.18 bits per heavy atom. The SMILES string of the molecule is CNCc1cn(Cc2cccc(F)c2F)cn1. The predicted molar refractivity (Wildman–Crippen MR) is 60.5 cm³/mol. The number of nitrogens with zero attached hydrogens (tertiary/aromatic N) is 2. The number of imidazole rings is 1. The van der Waals surface area contributed by atoms with Crippen LogP contribution in [0.1, 0.15) is 11.3 Å². The van der Waals surface area contributed by atoms with Gasteiger partial charge in [0.05, 0.1) is 18.6 Å². The molecule has 1 aromatic carbocycles. The highest BCUT2D eigenvalue weighted by atomic mass is 19.2. The number of benzene rings is 1. The molecule has 0 atom stereocenters. The first-order chi connectivity index (χ1) is 8.20. The third-order valence-corrected chi connectivity index (χ3v) is 2.43. The van der Waals surface area contributed by atoms with Gasteiger partial charge in [-0.15, -0.1) is 0 Å². The van der Waals surface area contributed by atoms with Crippen molar-refractivity contribution in [3.63, 3.8) is 0 Å².